The zero-order valence-corrected chi connectivity index (χ0v) is 7.58. The van der Waals surface area contributed by atoms with Crippen molar-refractivity contribution in [2.75, 3.05) is 0 Å². The van der Waals surface area contributed by atoms with E-state index in [9.17, 15) is 4.79 Å². The van der Waals surface area contributed by atoms with Crippen LogP contribution in [0.3, 0.4) is 0 Å². The molecule has 0 radical (unpaired) electrons. The summed E-state index contributed by atoms with van der Waals surface area (Å²) < 4.78 is 4.99. The number of carbonyl (C=O) groups excluding carboxylic acids is 1. The first-order chi connectivity index (χ1) is 6.24. The molecule has 72 valence electrons. The summed E-state index contributed by atoms with van der Waals surface area (Å²) in [5.74, 6) is -0.301. The predicted octanol–water partition coefficient (Wildman–Crippen LogP) is 1.26. The number of hydroxylamine groups is 1. The molecule has 0 aliphatic carbocycles. The maximum absolute atomic E-state index is 11.2. The molecule has 0 aromatic heterocycles. The maximum Gasteiger partial charge on any atom is 0.337 e. The lowest BCUT2D eigenvalue weighted by Crippen LogP contribution is -2.23. The second kappa shape index (κ2) is 4.54. The predicted molar refractivity (Wildman–Crippen MR) is 47.3 cm³/mol. The van der Waals surface area contributed by atoms with E-state index in [0.717, 1.165) is 6.42 Å². The van der Waals surface area contributed by atoms with Gasteiger partial charge >= 0.3 is 5.97 Å². The molecule has 4 heteroatoms. The third-order valence-electron chi connectivity index (χ3n) is 1.74. The maximum atomic E-state index is 11.2. The van der Waals surface area contributed by atoms with Gasteiger partial charge in [0.25, 0.3) is 0 Å². The zero-order chi connectivity index (χ0) is 9.68. The van der Waals surface area contributed by atoms with Gasteiger partial charge < -0.3 is 9.57 Å². The summed E-state index contributed by atoms with van der Waals surface area (Å²) in [5.41, 5.74) is 2.96. The second-order valence-electron chi connectivity index (χ2n) is 2.84. The monoisotopic (exact) mass is 183 g/mol. The molecule has 1 aliphatic rings. The average Bonchev–Trinajstić information content (AvgIpc) is 2.09. The standard InChI is InChI=1S/C9H13NO3/c1-3-10-12-6-8-5-4-7(2)13-9(8)11/h3,6-7,10H,1,4-5H2,2H3/b8-6+. The first-order valence-electron chi connectivity index (χ1n) is 4.16. The molecule has 1 heterocycles. The fourth-order valence-corrected chi connectivity index (χ4v) is 1.04. The van der Waals surface area contributed by atoms with Crippen LogP contribution in [0.1, 0.15) is 19.8 Å². The minimum Gasteiger partial charge on any atom is -0.459 e. The van der Waals surface area contributed by atoms with Gasteiger partial charge in [0.2, 0.25) is 0 Å². The summed E-state index contributed by atoms with van der Waals surface area (Å²) in [7, 11) is 0. The molecule has 1 aliphatic heterocycles. The van der Waals surface area contributed by atoms with Crippen LogP contribution in [-0.2, 0) is 14.4 Å². The second-order valence-corrected chi connectivity index (χ2v) is 2.84. The Hall–Kier alpha value is -1.45. The van der Waals surface area contributed by atoms with Crippen LogP contribution in [0.5, 0.6) is 0 Å². The molecule has 4 nitrogen and oxygen atoms in total. The molecule has 1 N–H and O–H groups in total. The van der Waals surface area contributed by atoms with Gasteiger partial charge in [-0.05, 0) is 19.8 Å². The van der Waals surface area contributed by atoms with Gasteiger partial charge in [0.05, 0.1) is 11.7 Å². The normalized spacial score (nSPS) is 25.2. The third kappa shape index (κ3) is 2.82. The fraction of sp³-hybridized carbons (Fsp3) is 0.444. The van der Waals surface area contributed by atoms with Gasteiger partial charge in [0.15, 0.2) is 0 Å². The highest BCUT2D eigenvalue weighted by molar-refractivity contribution is 5.88. The van der Waals surface area contributed by atoms with Crippen molar-refractivity contribution in [1.29, 1.82) is 0 Å². The van der Waals surface area contributed by atoms with Crippen LogP contribution >= 0.6 is 0 Å². The lowest BCUT2D eigenvalue weighted by molar-refractivity contribution is -0.146. The Balaban J connectivity index is 2.45. The number of carbonyl (C=O) groups is 1. The molecule has 1 atom stereocenters. The number of cyclic esters (lactones) is 1. The summed E-state index contributed by atoms with van der Waals surface area (Å²) in [6.07, 6.45) is 4.29. The minimum atomic E-state index is -0.301. The summed E-state index contributed by atoms with van der Waals surface area (Å²) in [5, 5.41) is 0. The topological polar surface area (TPSA) is 47.6 Å². The van der Waals surface area contributed by atoms with Crippen LogP contribution in [0.2, 0.25) is 0 Å². The van der Waals surface area contributed by atoms with Crippen LogP contribution in [0.15, 0.2) is 24.6 Å². The van der Waals surface area contributed by atoms with Crippen molar-refractivity contribution in [3.63, 3.8) is 0 Å². The van der Waals surface area contributed by atoms with Crippen molar-refractivity contribution in [3.05, 3.63) is 24.6 Å². The van der Waals surface area contributed by atoms with Gasteiger partial charge in [-0.25, -0.2) is 10.3 Å². The van der Waals surface area contributed by atoms with Gasteiger partial charge in [-0.15, -0.1) is 0 Å². The molecular weight excluding hydrogens is 170 g/mol. The van der Waals surface area contributed by atoms with Crippen LogP contribution in [-0.4, -0.2) is 12.1 Å². The van der Waals surface area contributed by atoms with Gasteiger partial charge in [0, 0.05) is 6.20 Å². The minimum absolute atomic E-state index is 0.0111. The summed E-state index contributed by atoms with van der Waals surface area (Å²) >= 11 is 0. The average molecular weight is 183 g/mol. The van der Waals surface area contributed by atoms with E-state index in [-0.39, 0.29) is 12.1 Å². The smallest absolute Gasteiger partial charge is 0.337 e. The van der Waals surface area contributed by atoms with Crippen molar-refractivity contribution in [1.82, 2.24) is 5.48 Å². The van der Waals surface area contributed by atoms with Gasteiger partial charge in [-0.1, -0.05) is 6.58 Å². The Morgan fingerprint density at radius 3 is 3.15 bits per heavy atom. The van der Waals surface area contributed by atoms with E-state index in [1.807, 2.05) is 6.92 Å². The largest absolute Gasteiger partial charge is 0.459 e. The van der Waals surface area contributed by atoms with E-state index >= 15 is 0 Å². The van der Waals surface area contributed by atoms with Crippen molar-refractivity contribution in [2.24, 2.45) is 0 Å². The molecule has 0 spiro atoms. The molecule has 1 saturated heterocycles. The Morgan fingerprint density at radius 1 is 1.77 bits per heavy atom. The summed E-state index contributed by atoms with van der Waals surface area (Å²) in [4.78, 5) is 16.0. The molecule has 0 saturated carbocycles. The quantitative estimate of drug-likeness (QED) is 0.235. The number of esters is 1. The first kappa shape index (κ1) is 9.64. The molecule has 1 fully saturated rings. The van der Waals surface area contributed by atoms with E-state index in [0.29, 0.717) is 12.0 Å². The molecule has 0 aromatic carbocycles. The Morgan fingerprint density at radius 2 is 2.54 bits per heavy atom. The third-order valence-corrected chi connectivity index (χ3v) is 1.74. The van der Waals surface area contributed by atoms with Crippen molar-refractivity contribution >= 4 is 5.97 Å². The van der Waals surface area contributed by atoms with E-state index in [1.165, 1.54) is 12.5 Å². The van der Waals surface area contributed by atoms with Crippen LogP contribution < -0.4 is 5.48 Å². The SMILES string of the molecule is C=CNO/C=C1\CCC(C)OC1=O. The highest BCUT2D eigenvalue weighted by Gasteiger charge is 2.21. The number of nitrogens with one attached hydrogen (secondary N) is 1. The molecule has 0 aromatic rings. The highest BCUT2D eigenvalue weighted by Crippen LogP contribution is 2.18. The Labute approximate surface area is 77.2 Å². The first-order valence-corrected chi connectivity index (χ1v) is 4.16. The fourth-order valence-electron chi connectivity index (χ4n) is 1.04. The summed E-state index contributed by atoms with van der Waals surface area (Å²) in [6, 6.07) is 0. The van der Waals surface area contributed by atoms with E-state index in [2.05, 4.69) is 12.1 Å². The van der Waals surface area contributed by atoms with Crippen molar-refractivity contribution < 1.29 is 14.4 Å². The zero-order valence-electron chi connectivity index (χ0n) is 7.58. The Bertz CT molecular complexity index is 235. The van der Waals surface area contributed by atoms with Crippen LogP contribution in [0.25, 0.3) is 0 Å². The van der Waals surface area contributed by atoms with Gasteiger partial charge in [-0.3, -0.25) is 0 Å². The molecule has 1 unspecified atom stereocenters. The van der Waals surface area contributed by atoms with Crippen molar-refractivity contribution in [3.8, 4) is 0 Å². The number of ether oxygens (including phenoxy) is 1. The Kier molecular flexibility index (Phi) is 3.37. The lowest BCUT2D eigenvalue weighted by Gasteiger charge is -2.19. The van der Waals surface area contributed by atoms with Crippen molar-refractivity contribution in [2.45, 2.75) is 25.9 Å². The van der Waals surface area contributed by atoms with E-state index in [1.54, 1.807) is 0 Å². The van der Waals surface area contributed by atoms with Crippen LogP contribution in [0, 0.1) is 0 Å². The van der Waals surface area contributed by atoms with E-state index in [4.69, 9.17) is 9.57 Å². The van der Waals surface area contributed by atoms with Gasteiger partial charge in [-0.2, -0.15) is 0 Å². The number of rotatable bonds is 3. The van der Waals surface area contributed by atoms with Crippen LogP contribution in [0.4, 0.5) is 0 Å². The molecular formula is C9H13NO3. The number of hydrogen-bond acceptors (Lipinski definition) is 4. The molecule has 13 heavy (non-hydrogen) atoms. The van der Waals surface area contributed by atoms with E-state index < -0.39 is 0 Å². The lowest BCUT2D eigenvalue weighted by atomic mass is 10.1. The molecule has 0 bridgehead atoms. The summed E-state index contributed by atoms with van der Waals surface area (Å²) in [6.45, 7) is 5.27. The highest BCUT2D eigenvalue weighted by atomic mass is 16.6. The number of hydrogen-bond donors (Lipinski definition) is 1. The molecule has 1 rings (SSSR count). The van der Waals surface area contributed by atoms with Gasteiger partial charge in [0.1, 0.15) is 6.26 Å². The molecule has 0 amide bonds.